The van der Waals surface area contributed by atoms with Crippen LogP contribution in [0.25, 0.3) is 5.57 Å². The van der Waals surface area contributed by atoms with Gasteiger partial charge in [-0.1, -0.05) is 19.9 Å². The minimum atomic E-state index is -1.16. The van der Waals surface area contributed by atoms with Crippen molar-refractivity contribution in [3.05, 3.63) is 41.5 Å². The molecule has 0 aromatic heterocycles. The molecule has 1 heterocycles. The number of fused-ring (bicyclic) bond motifs is 1. The molecule has 0 saturated heterocycles. The van der Waals surface area contributed by atoms with Crippen LogP contribution in [0.3, 0.4) is 0 Å². The quantitative estimate of drug-likeness (QED) is 0.346. The molecule has 2 aromatic rings. The standard InChI is InChI=1S/C32H40N2O12/c1-17(2)12-22(33-30(37)45-32(3,4)5)29(36)46-34-31(38)44-24-13-18(10-11-23(24)39-6)20-14-19(35)16-43-26-21(20)15-25(40-7)27(41-8)28(26)42-9/h10-11,13-15,17,22H,12,16H2,1-9H3,(H,33,37)(H,34,38). The lowest BCUT2D eigenvalue weighted by Crippen LogP contribution is -2.46. The lowest BCUT2D eigenvalue weighted by atomic mass is 9.95. The second-order valence-electron chi connectivity index (χ2n) is 11.4. The first-order chi connectivity index (χ1) is 21.7. The third-order valence-corrected chi connectivity index (χ3v) is 6.33. The molecule has 1 aliphatic rings. The summed E-state index contributed by atoms with van der Waals surface area (Å²) < 4.78 is 38.3. The number of methoxy groups -OCH3 is 4. The lowest BCUT2D eigenvalue weighted by Gasteiger charge is -2.23. The molecule has 0 fully saturated rings. The number of hydrogen-bond donors (Lipinski definition) is 2. The zero-order chi connectivity index (χ0) is 34.2. The number of nitrogens with one attached hydrogen (secondary N) is 2. The Morgan fingerprint density at radius 3 is 2.15 bits per heavy atom. The van der Waals surface area contributed by atoms with Crippen LogP contribution in [0, 0.1) is 5.92 Å². The topological polar surface area (TPSA) is 166 Å². The smallest absolute Gasteiger partial charge is 0.446 e. The summed E-state index contributed by atoms with van der Waals surface area (Å²) in [6.45, 7) is 8.49. The van der Waals surface area contributed by atoms with Crippen molar-refractivity contribution >= 4 is 29.5 Å². The van der Waals surface area contributed by atoms with Crippen molar-refractivity contribution in [2.45, 2.75) is 52.7 Å². The van der Waals surface area contributed by atoms with Crippen LogP contribution in [-0.2, 0) is 19.2 Å². The van der Waals surface area contributed by atoms with Crippen LogP contribution in [0.2, 0.25) is 0 Å². The zero-order valence-electron chi connectivity index (χ0n) is 27.4. The van der Waals surface area contributed by atoms with E-state index in [1.807, 2.05) is 19.3 Å². The maximum atomic E-state index is 12.8. The predicted molar refractivity (Wildman–Crippen MR) is 165 cm³/mol. The molecule has 0 saturated carbocycles. The van der Waals surface area contributed by atoms with Crippen molar-refractivity contribution in [1.82, 2.24) is 10.8 Å². The number of ketones is 1. The van der Waals surface area contributed by atoms with E-state index in [9.17, 15) is 19.2 Å². The molecule has 0 bridgehead atoms. The van der Waals surface area contributed by atoms with Crippen LogP contribution in [0.15, 0.2) is 30.3 Å². The molecule has 250 valence electrons. The van der Waals surface area contributed by atoms with Crippen LogP contribution in [-0.4, -0.2) is 70.6 Å². The maximum absolute atomic E-state index is 12.8. The summed E-state index contributed by atoms with van der Waals surface area (Å²) in [6.07, 6.45) is -0.374. The minimum Gasteiger partial charge on any atom is -0.493 e. The molecule has 0 spiro atoms. The number of ether oxygens (including phenoxy) is 7. The number of hydroxylamine groups is 1. The minimum absolute atomic E-state index is 0.00633. The molecular weight excluding hydrogens is 604 g/mol. The Balaban J connectivity index is 1.87. The number of hydrogen-bond acceptors (Lipinski definition) is 12. The van der Waals surface area contributed by atoms with Crippen LogP contribution >= 0.6 is 0 Å². The van der Waals surface area contributed by atoms with E-state index in [-0.39, 0.29) is 53.5 Å². The second-order valence-corrected chi connectivity index (χ2v) is 11.4. The molecule has 14 heteroatoms. The Morgan fingerprint density at radius 1 is 0.891 bits per heavy atom. The first-order valence-electron chi connectivity index (χ1n) is 14.3. The van der Waals surface area contributed by atoms with Gasteiger partial charge in [-0.25, -0.2) is 14.4 Å². The molecule has 14 nitrogen and oxygen atoms in total. The predicted octanol–water partition coefficient (Wildman–Crippen LogP) is 4.60. The number of carbonyl (C=O) groups is 4. The normalized spacial score (nSPS) is 13.2. The average Bonchev–Trinajstić information content (AvgIpc) is 3.15. The third-order valence-electron chi connectivity index (χ3n) is 6.33. The van der Waals surface area contributed by atoms with Crippen molar-refractivity contribution < 1.29 is 57.2 Å². The summed E-state index contributed by atoms with van der Waals surface area (Å²) in [5, 5.41) is 2.46. The van der Waals surface area contributed by atoms with E-state index in [0.29, 0.717) is 22.4 Å². The number of alkyl carbamates (subject to hydrolysis) is 1. The van der Waals surface area contributed by atoms with E-state index in [4.69, 9.17) is 38.0 Å². The molecule has 0 aliphatic carbocycles. The van der Waals surface area contributed by atoms with Crippen LogP contribution in [0.4, 0.5) is 9.59 Å². The van der Waals surface area contributed by atoms with Crippen molar-refractivity contribution in [3.63, 3.8) is 0 Å². The summed E-state index contributed by atoms with van der Waals surface area (Å²) in [6, 6.07) is 5.17. The van der Waals surface area contributed by atoms with Gasteiger partial charge in [-0.05, 0) is 68.5 Å². The third kappa shape index (κ3) is 8.96. The van der Waals surface area contributed by atoms with Gasteiger partial charge in [-0.3, -0.25) is 4.79 Å². The molecule has 1 aliphatic heterocycles. The van der Waals surface area contributed by atoms with Gasteiger partial charge in [0.25, 0.3) is 0 Å². The van der Waals surface area contributed by atoms with Crippen LogP contribution < -0.4 is 39.2 Å². The molecule has 0 radical (unpaired) electrons. The molecule has 3 rings (SSSR count). The molecule has 2 amide bonds. The first kappa shape index (κ1) is 35.3. The van der Waals surface area contributed by atoms with Gasteiger partial charge < -0.3 is 43.3 Å². The monoisotopic (exact) mass is 644 g/mol. The fourth-order valence-corrected chi connectivity index (χ4v) is 4.48. The van der Waals surface area contributed by atoms with E-state index in [2.05, 4.69) is 5.32 Å². The van der Waals surface area contributed by atoms with Crippen molar-refractivity contribution in [2.24, 2.45) is 5.92 Å². The Labute approximate surface area is 267 Å². The molecule has 46 heavy (non-hydrogen) atoms. The Morgan fingerprint density at radius 2 is 1.57 bits per heavy atom. The van der Waals surface area contributed by atoms with E-state index in [1.54, 1.807) is 32.9 Å². The number of carbonyl (C=O) groups excluding carboxylic acids is 4. The van der Waals surface area contributed by atoms with Gasteiger partial charge in [0, 0.05) is 5.56 Å². The average molecular weight is 645 g/mol. The number of rotatable bonds is 10. The van der Waals surface area contributed by atoms with Crippen molar-refractivity contribution in [1.29, 1.82) is 0 Å². The van der Waals surface area contributed by atoms with E-state index >= 15 is 0 Å². The van der Waals surface area contributed by atoms with Crippen LogP contribution in [0.5, 0.6) is 34.5 Å². The van der Waals surface area contributed by atoms with E-state index in [1.165, 1.54) is 46.6 Å². The Kier molecular flexibility index (Phi) is 11.7. The highest BCUT2D eigenvalue weighted by molar-refractivity contribution is 6.04. The summed E-state index contributed by atoms with van der Waals surface area (Å²) >= 11 is 0. The first-order valence-corrected chi connectivity index (χ1v) is 14.3. The fourth-order valence-electron chi connectivity index (χ4n) is 4.48. The highest BCUT2D eigenvalue weighted by Gasteiger charge is 2.29. The highest BCUT2D eigenvalue weighted by atomic mass is 16.7. The lowest BCUT2D eigenvalue weighted by molar-refractivity contribution is -0.152. The van der Waals surface area contributed by atoms with Crippen molar-refractivity contribution in [2.75, 3.05) is 35.0 Å². The van der Waals surface area contributed by atoms with E-state index in [0.717, 1.165) is 0 Å². The second kappa shape index (κ2) is 15.2. The van der Waals surface area contributed by atoms with Gasteiger partial charge in [0.15, 0.2) is 35.4 Å². The van der Waals surface area contributed by atoms with Gasteiger partial charge in [-0.2, -0.15) is 0 Å². The van der Waals surface area contributed by atoms with Gasteiger partial charge in [0.2, 0.25) is 11.5 Å². The summed E-state index contributed by atoms with van der Waals surface area (Å²) in [4.78, 5) is 55.5. The van der Waals surface area contributed by atoms with Gasteiger partial charge >= 0.3 is 18.2 Å². The highest BCUT2D eigenvalue weighted by Crippen LogP contribution is 2.50. The van der Waals surface area contributed by atoms with Gasteiger partial charge in [-0.15, -0.1) is 5.48 Å². The summed E-state index contributed by atoms with van der Waals surface area (Å²) in [5.41, 5.74) is 2.44. The van der Waals surface area contributed by atoms with Crippen LogP contribution in [0.1, 0.15) is 52.2 Å². The largest absolute Gasteiger partial charge is 0.493 e. The molecule has 2 aromatic carbocycles. The van der Waals surface area contributed by atoms with Crippen molar-refractivity contribution in [3.8, 4) is 34.5 Å². The van der Waals surface area contributed by atoms with E-state index < -0.39 is 29.8 Å². The zero-order valence-corrected chi connectivity index (χ0v) is 27.4. The van der Waals surface area contributed by atoms with Gasteiger partial charge in [0.05, 0.1) is 28.4 Å². The molecule has 2 N–H and O–H groups in total. The number of amides is 2. The SMILES string of the molecule is COc1ccc(C2=CC(=O)COc3c2cc(OC)c(OC)c3OC)cc1OC(=O)NOC(=O)C(CC(C)C)NC(=O)OC(C)(C)C. The maximum Gasteiger partial charge on any atom is 0.446 e. The summed E-state index contributed by atoms with van der Waals surface area (Å²) in [7, 11) is 5.71. The Hall–Kier alpha value is -5.14. The summed E-state index contributed by atoms with van der Waals surface area (Å²) in [5.74, 6) is -0.114. The number of benzene rings is 2. The molecule has 1 unspecified atom stereocenters. The molecule has 1 atom stereocenters. The Bertz CT molecular complexity index is 1490. The van der Waals surface area contributed by atoms with Gasteiger partial charge in [0.1, 0.15) is 11.6 Å². The fraction of sp³-hybridized carbons (Fsp3) is 0.438. The molecular formula is C32H40N2O12.